The van der Waals surface area contributed by atoms with Gasteiger partial charge < -0.3 is 4.57 Å². The Morgan fingerprint density at radius 3 is 1.21 bits per heavy atom. The second kappa shape index (κ2) is 16.2. The van der Waals surface area contributed by atoms with Crippen LogP contribution >= 0.6 is 0 Å². The number of pyridine rings is 2. The fourth-order valence-electron chi connectivity index (χ4n) is 8.93. The molecule has 0 unspecified atom stereocenters. The first kappa shape index (κ1) is 40.1. The lowest BCUT2D eigenvalue weighted by molar-refractivity contribution is -0.595. The topological polar surface area (TPSA) is 89.7 Å². The van der Waals surface area contributed by atoms with Gasteiger partial charge in [0.05, 0.1) is 16.7 Å². The Kier molecular flexibility index (Phi) is 9.55. The van der Waals surface area contributed by atoms with Gasteiger partial charge in [0, 0.05) is 47.4 Å². The number of fused-ring (bicyclic) bond motifs is 3. The second-order valence-corrected chi connectivity index (χ2v) is 17.2. The van der Waals surface area contributed by atoms with Crippen LogP contribution in [-0.2, 0) is 0 Å². The van der Waals surface area contributed by atoms with E-state index in [1.807, 2.05) is 124 Å². The molecule has 12 aromatic rings. The third-order valence-electron chi connectivity index (χ3n) is 12.6. The third-order valence-corrected chi connectivity index (χ3v) is 12.6. The molecule has 5 aromatic carbocycles. The Hall–Kier alpha value is -9.47. The highest BCUT2D eigenvalue weighted by Gasteiger charge is 2.26. The van der Waals surface area contributed by atoms with Crippen molar-refractivity contribution in [3.63, 3.8) is 0 Å². The van der Waals surface area contributed by atoms with E-state index in [0.29, 0.717) is 5.56 Å². The van der Waals surface area contributed by atoms with Gasteiger partial charge in [0.1, 0.15) is 84.0 Å². The average Bonchev–Trinajstić information content (AvgIpc) is 4.25. The highest BCUT2D eigenvalue weighted by Crippen LogP contribution is 2.36. The molecule has 0 saturated heterocycles. The van der Waals surface area contributed by atoms with E-state index in [-0.39, 0.29) is 0 Å². The summed E-state index contributed by atoms with van der Waals surface area (Å²) in [6, 6.07) is 46.6. The normalized spacial score (nSPS) is 11.4. The van der Waals surface area contributed by atoms with Crippen molar-refractivity contribution < 1.29 is 18.3 Å². The van der Waals surface area contributed by atoms with Crippen LogP contribution < -0.4 is 18.3 Å². The molecular weight excluding hydrogens is 841 g/mol. The van der Waals surface area contributed by atoms with Gasteiger partial charge in [0.15, 0.2) is 11.4 Å². The molecule has 68 heavy (non-hydrogen) atoms. The summed E-state index contributed by atoms with van der Waals surface area (Å²) in [5, 5.41) is 13.0. The SMILES string of the molecule is Cc1ccc(-[n+]2ccn(-c3cc4c(cn3)c3cnc(-n5cc[n+](-c6ccc(C)cc6)c5)cc3n4-c3cc(-n4cc[n+](-c5ccccc5)c4)c(C#N)c(-n4cc[n+](-c5ccc(C)cc5)c4)c3)c2)cc1. The zero-order chi connectivity index (χ0) is 45.9. The van der Waals surface area contributed by atoms with Gasteiger partial charge in [-0.3, -0.25) is 0 Å². The summed E-state index contributed by atoms with van der Waals surface area (Å²) in [5.74, 6) is 1.50. The number of imidazole rings is 4. The van der Waals surface area contributed by atoms with Crippen molar-refractivity contribution in [2.75, 3.05) is 0 Å². The third kappa shape index (κ3) is 7.11. The maximum Gasteiger partial charge on any atom is 0.255 e. The van der Waals surface area contributed by atoms with E-state index in [9.17, 15) is 5.26 Å². The molecule has 0 aliphatic rings. The lowest BCUT2D eigenvalue weighted by Gasteiger charge is -2.12. The van der Waals surface area contributed by atoms with Gasteiger partial charge in [-0.2, -0.15) is 14.4 Å². The van der Waals surface area contributed by atoms with Crippen LogP contribution in [0.1, 0.15) is 22.3 Å². The van der Waals surface area contributed by atoms with Crippen LogP contribution in [0.3, 0.4) is 0 Å². The lowest BCUT2D eigenvalue weighted by Crippen LogP contribution is -2.27. The molecule has 0 fully saturated rings. The molecule has 0 amide bonds. The van der Waals surface area contributed by atoms with Crippen LogP contribution in [0.2, 0.25) is 0 Å². The van der Waals surface area contributed by atoms with Gasteiger partial charge in [0.25, 0.3) is 25.3 Å². The lowest BCUT2D eigenvalue weighted by atomic mass is 10.1. The van der Waals surface area contributed by atoms with Gasteiger partial charge in [-0.15, -0.1) is 0 Å². The van der Waals surface area contributed by atoms with Crippen molar-refractivity contribution in [2.45, 2.75) is 20.8 Å². The number of benzene rings is 5. The van der Waals surface area contributed by atoms with Crippen molar-refractivity contribution in [2.24, 2.45) is 0 Å². The van der Waals surface area contributed by atoms with Crippen LogP contribution in [-0.4, -0.2) is 32.8 Å². The zero-order valence-corrected chi connectivity index (χ0v) is 37.6. The van der Waals surface area contributed by atoms with E-state index in [0.717, 1.165) is 73.3 Å². The molecule has 12 rings (SSSR count). The minimum atomic E-state index is 0.516. The van der Waals surface area contributed by atoms with Crippen molar-refractivity contribution in [1.29, 1.82) is 5.26 Å². The largest absolute Gasteiger partial charge is 0.308 e. The molecule has 0 aliphatic heterocycles. The van der Waals surface area contributed by atoms with Gasteiger partial charge in [-0.25, -0.2) is 37.4 Å². The van der Waals surface area contributed by atoms with Gasteiger partial charge >= 0.3 is 0 Å². The second-order valence-electron chi connectivity index (χ2n) is 17.2. The predicted molar refractivity (Wildman–Crippen MR) is 259 cm³/mol. The quantitative estimate of drug-likeness (QED) is 0.136. The highest BCUT2D eigenvalue weighted by atomic mass is 15.2. The maximum atomic E-state index is 11.2. The first-order valence-corrected chi connectivity index (χ1v) is 22.4. The van der Waals surface area contributed by atoms with Crippen LogP contribution in [0.25, 0.3) is 73.3 Å². The number of hydrogen-bond acceptors (Lipinski definition) is 3. The Balaban J connectivity index is 1.09. The number of rotatable bonds is 9. The highest BCUT2D eigenvalue weighted by molar-refractivity contribution is 6.09. The number of nitrogens with zero attached hydrogens (tertiary/aromatic N) is 12. The van der Waals surface area contributed by atoms with E-state index >= 15 is 0 Å². The zero-order valence-electron chi connectivity index (χ0n) is 37.6. The van der Waals surface area contributed by atoms with Crippen molar-refractivity contribution in [1.82, 2.24) is 32.8 Å². The smallest absolute Gasteiger partial charge is 0.255 e. The molecule has 0 atom stereocenters. The summed E-state index contributed by atoms with van der Waals surface area (Å²) >= 11 is 0. The summed E-state index contributed by atoms with van der Waals surface area (Å²) in [6.07, 6.45) is 28.2. The van der Waals surface area contributed by atoms with E-state index in [4.69, 9.17) is 9.97 Å². The molecule has 0 spiro atoms. The van der Waals surface area contributed by atoms with Gasteiger partial charge in [0.2, 0.25) is 11.6 Å². The van der Waals surface area contributed by atoms with E-state index in [2.05, 4.69) is 159 Å². The monoisotopic (exact) mass is 884 g/mol. The minimum absolute atomic E-state index is 0.516. The molecule has 7 heterocycles. The van der Waals surface area contributed by atoms with Crippen LogP contribution in [0, 0.1) is 32.1 Å². The molecule has 12 heteroatoms. The molecule has 324 valence electrons. The van der Waals surface area contributed by atoms with Crippen LogP contribution in [0.5, 0.6) is 0 Å². The molecule has 0 bridgehead atoms. The Morgan fingerprint density at radius 1 is 0.441 bits per heavy atom. The summed E-state index contributed by atoms with van der Waals surface area (Å²) in [7, 11) is 0. The molecule has 0 N–H and O–H groups in total. The Labute approximate surface area is 391 Å². The fourth-order valence-corrected chi connectivity index (χ4v) is 8.93. The summed E-state index contributed by atoms with van der Waals surface area (Å²) in [5.41, 5.74) is 12.4. The summed E-state index contributed by atoms with van der Waals surface area (Å²) in [6.45, 7) is 6.27. The predicted octanol–water partition coefficient (Wildman–Crippen LogP) is 8.64. The van der Waals surface area contributed by atoms with Crippen LogP contribution in [0.4, 0.5) is 0 Å². The number of aromatic nitrogens is 11. The number of aryl methyl sites for hydroxylation is 3. The Morgan fingerprint density at radius 2 is 0.809 bits per heavy atom. The van der Waals surface area contributed by atoms with Crippen molar-refractivity contribution >= 4 is 21.8 Å². The molecule has 7 aromatic heterocycles. The number of nitriles is 1. The van der Waals surface area contributed by atoms with E-state index in [1.165, 1.54) is 16.7 Å². The Bertz CT molecular complexity index is 3740. The first-order valence-electron chi connectivity index (χ1n) is 22.4. The van der Waals surface area contributed by atoms with Gasteiger partial charge in [-0.05, 0) is 69.3 Å². The average molecular weight is 885 g/mol. The summed E-state index contributed by atoms with van der Waals surface area (Å²) < 4.78 is 18.7. The number of para-hydroxylation sites is 1. The standard InChI is InChI=1S/C56H44N12/c1-40-9-15-44(16-10-40)61-22-26-65(37-61)52-30-47(29-51(48(52)33-57)64-25-21-60(36-64)43-7-5-4-6-8-43)68-53-31-55(66-27-23-62(38-66)45-17-11-41(2)12-18-45)58-34-49(53)50-35-59-56(32-54(50)68)67-28-24-63(39-67)46-19-13-42(3)14-20-46/h4-32,34-39H,1-3H3/q+4. The molecule has 0 radical (unpaired) electrons. The first-order chi connectivity index (χ1) is 33.3. The molecule has 0 saturated carbocycles. The van der Waals surface area contributed by atoms with E-state index in [1.54, 1.807) is 0 Å². The molecule has 12 nitrogen and oxygen atoms in total. The number of hydrogen-bond donors (Lipinski definition) is 0. The van der Waals surface area contributed by atoms with Crippen molar-refractivity contribution in [3.8, 4) is 57.5 Å². The molecule has 0 aliphatic carbocycles. The molecular formula is C56H44N12+4. The maximum absolute atomic E-state index is 11.2. The minimum Gasteiger partial charge on any atom is -0.308 e. The van der Waals surface area contributed by atoms with Gasteiger partial charge in [-0.1, -0.05) is 71.3 Å². The summed E-state index contributed by atoms with van der Waals surface area (Å²) in [4.78, 5) is 10.1. The van der Waals surface area contributed by atoms with Crippen LogP contribution in [0.15, 0.2) is 215 Å². The fraction of sp³-hybridized carbons (Fsp3) is 0.0536. The van der Waals surface area contributed by atoms with E-state index < -0.39 is 0 Å². The van der Waals surface area contributed by atoms with Crippen molar-refractivity contribution in [3.05, 3.63) is 237 Å².